The second-order valence-corrected chi connectivity index (χ2v) is 8.40. The molecule has 0 spiro atoms. The van der Waals surface area contributed by atoms with Crippen molar-refractivity contribution in [3.63, 3.8) is 0 Å². The summed E-state index contributed by atoms with van der Waals surface area (Å²) in [5.74, 6) is 1.07. The SMILES string of the molecule is O=C1CCC2=C(C(=O)Nc3ccc(Oc4ccn5nccc5n4)cc3)CN(c3ccccc3)N2C1. The van der Waals surface area contributed by atoms with Crippen molar-refractivity contribution in [2.75, 3.05) is 23.4 Å². The van der Waals surface area contributed by atoms with Gasteiger partial charge in [-0.25, -0.2) is 4.52 Å². The number of hydrazine groups is 1. The lowest BCUT2D eigenvalue weighted by atomic mass is 10.0. The molecule has 0 bridgehead atoms. The lowest BCUT2D eigenvalue weighted by Gasteiger charge is -2.35. The fourth-order valence-electron chi connectivity index (χ4n) is 4.41. The van der Waals surface area contributed by atoms with E-state index in [9.17, 15) is 9.59 Å². The summed E-state index contributed by atoms with van der Waals surface area (Å²) in [5, 5.41) is 11.1. The predicted octanol–water partition coefficient (Wildman–Crippen LogP) is 3.81. The molecule has 0 radical (unpaired) electrons. The summed E-state index contributed by atoms with van der Waals surface area (Å²) in [6, 6.07) is 20.5. The first-order valence-electron chi connectivity index (χ1n) is 11.4. The van der Waals surface area contributed by atoms with Gasteiger partial charge in [0.05, 0.1) is 30.5 Å². The Morgan fingerprint density at radius 2 is 1.74 bits per heavy atom. The van der Waals surface area contributed by atoms with E-state index in [2.05, 4.69) is 15.4 Å². The maximum atomic E-state index is 13.2. The van der Waals surface area contributed by atoms with Crippen LogP contribution in [0.1, 0.15) is 12.8 Å². The molecule has 2 aromatic heterocycles. The van der Waals surface area contributed by atoms with Crippen molar-refractivity contribution >= 4 is 28.7 Å². The predicted molar refractivity (Wildman–Crippen MR) is 130 cm³/mol. The number of carbonyl (C=O) groups excluding carboxylic acids is 2. The molecule has 4 aromatic rings. The van der Waals surface area contributed by atoms with Crippen molar-refractivity contribution in [3.05, 3.63) is 90.4 Å². The molecule has 0 unspecified atom stereocenters. The van der Waals surface area contributed by atoms with Crippen molar-refractivity contribution in [3.8, 4) is 11.6 Å². The number of nitrogens with one attached hydrogen (secondary N) is 1. The van der Waals surface area contributed by atoms with E-state index < -0.39 is 0 Å². The molecular formula is C26H22N6O3. The highest BCUT2D eigenvalue weighted by molar-refractivity contribution is 6.05. The normalized spacial score (nSPS) is 15.5. The summed E-state index contributed by atoms with van der Waals surface area (Å²) in [7, 11) is 0. The number of ketones is 1. The third-order valence-electron chi connectivity index (χ3n) is 6.12. The first-order valence-corrected chi connectivity index (χ1v) is 11.4. The van der Waals surface area contributed by atoms with Crippen LogP contribution in [0.25, 0.3) is 5.65 Å². The summed E-state index contributed by atoms with van der Waals surface area (Å²) < 4.78 is 7.50. The standard InChI is InChI=1S/C26H22N6O3/c33-20-8-11-23-22(17-31(32(23)16-20)19-4-2-1-3-5-19)26(34)28-18-6-9-21(10-7-18)35-25-13-15-30-24(29-25)12-14-27-30/h1-7,9-10,12-15H,8,11,16-17H2,(H,28,34). The highest BCUT2D eigenvalue weighted by atomic mass is 16.5. The van der Waals surface area contributed by atoms with Gasteiger partial charge in [-0.3, -0.25) is 19.6 Å². The Bertz CT molecular complexity index is 1440. The fourth-order valence-corrected chi connectivity index (χ4v) is 4.41. The first-order chi connectivity index (χ1) is 17.1. The molecule has 0 aliphatic carbocycles. The van der Waals surface area contributed by atoms with Crippen LogP contribution < -0.4 is 15.1 Å². The van der Waals surface area contributed by atoms with Gasteiger partial charge >= 0.3 is 0 Å². The minimum absolute atomic E-state index is 0.167. The Kier molecular flexibility index (Phi) is 5.14. The summed E-state index contributed by atoms with van der Waals surface area (Å²) in [5.41, 5.74) is 3.89. The van der Waals surface area contributed by atoms with Gasteiger partial charge in [-0.1, -0.05) is 18.2 Å². The summed E-state index contributed by atoms with van der Waals surface area (Å²) in [4.78, 5) is 29.8. The molecule has 2 aliphatic rings. The summed E-state index contributed by atoms with van der Waals surface area (Å²) in [6.07, 6.45) is 4.47. The molecule has 2 aliphatic heterocycles. The Morgan fingerprint density at radius 1 is 0.914 bits per heavy atom. The third-order valence-corrected chi connectivity index (χ3v) is 6.12. The number of ether oxygens (including phenoxy) is 1. The molecule has 1 N–H and O–H groups in total. The minimum atomic E-state index is -0.167. The zero-order valence-corrected chi connectivity index (χ0v) is 18.8. The van der Waals surface area contributed by atoms with Crippen molar-refractivity contribution in [1.82, 2.24) is 19.6 Å². The number of benzene rings is 2. The van der Waals surface area contributed by atoms with E-state index >= 15 is 0 Å². The minimum Gasteiger partial charge on any atom is -0.439 e. The van der Waals surface area contributed by atoms with Gasteiger partial charge < -0.3 is 10.1 Å². The number of nitrogens with zero attached hydrogens (tertiary/aromatic N) is 5. The van der Waals surface area contributed by atoms with E-state index in [0.29, 0.717) is 47.9 Å². The number of piperidine rings is 1. The molecule has 0 saturated carbocycles. The van der Waals surface area contributed by atoms with Crippen LogP contribution in [0, 0.1) is 0 Å². The number of carbonyl (C=O) groups is 2. The second kappa shape index (κ2) is 8.60. The van der Waals surface area contributed by atoms with Gasteiger partial charge in [0, 0.05) is 36.1 Å². The van der Waals surface area contributed by atoms with Gasteiger partial charge in [-0.15, -0.1) is 0 Å². The van der Waals surface area contributed by atoms with Gasteiger partial charge in [0.25, 0.3) is 5.91 Å². The molecule has 1 fully saturated rings. The van der Waals surface area contributed by atoms with Gasteiger partial charge in [-0.05, 0) is 42.8 Å². The van der Waals surface area contributed by atoms with Crippen molar-refractivity contribution in [2.24, 2.45) is 0 Å². The lowest BCUT2D eigenvalue weighted by molar-refractivity contribution is -0.121. The molecular weight excluding hydrogens is 444 g/mol. The highest BCUT2D eigenvalue weighted by Crippen LogP contribution is 2.34. The largest absolute Gasteiger partial charge is 0.439 e. The van der Waals surface area contributed by atoms with Crippen LogP contribution in [0.3, 0.4) is 0 Å². The number of aromatic nitrogens is 3. The monoisotopic (exact) mass is 466 g/mol. The van der Waals surface area contributed by atoms with Crippen molar-refractivity contribution in [2.45, 2.75) is 12.8 Å². The van der Waals surface area contributed by atoms with E-state index in [1.807, 2.05) is 40.3 Å². The number of amides is 1. The quantitative estimate of drug-likeness (QED) is 0.478. The number of rotatable bonds is 5. The number of allylic oxidation sites excluding steroid dienone is 1. The van der Waals surface area contributed by atoms with Gasteiger partial charge in [-0.2, -0.15) is 10.1 Å². The fraction of sp³-hybridized carbons (Fsp3) is 0.154. The molecule has 0 atom stereocenters. The molecule has 4 heterocycles. The van der Waals surface area contributed by atoms with Crippen LogP contribution >= 0.6 is 0 Å². The molecule has 1 saturated heterocycles. The number of para-hydroxylation sites is 1. The van der Waals surface area contributed by atoms with Crippen LogP contribution in [0.2, 0.25) is 0 Å². The number of hydrogen-bond acceptors (Lipinski definition) is 7. The van der Waals surface area contributed by atoms with Crippen LogP contribution in [-0.2, 0) is 9.59 Å². The van der Waals surface area contributed by atoms with Crippen molar-refractivity contribution < 1.29 is 14.3 Å². The maximum absolute atomic E-state index is 13.2. The third kappa shape index (κ3) is 4.08. The number of hydrogen-bond donors (Lipinski definition) is 1. The number of fused-ring (bicyclic) bond motifs is 2. The van der Waals surface area contributed by atoms with E-state index in [4.69, 9.17) is 4.74 Å². The molecule has 6 rings (SSSR count). The van der Waals surface area contributed by atoms with E-state index in [1.165, 1.54) is 0 Å². The zero-order chi connectivity index (χ0) is 23.8. The van der Waals surface area contributed by atoms with Crippen LogP contribution in [0.5, 0.6) is 11.6 Å². The summed E-state index contributed by atoms with van der Waals surface area (Å²) in [6.45, 7) is 0.703. The molecule has 9 nitrogen and oxygen atoms in total. The van der Waals surface area contributed by atoms with Gasteiger partial charge in [0.2, 0.25) is 5.88 Å². The smallest absolute Gasteiger partial charge is 0.255 e. The van der Waals surface area contributed by atoms with Crippen LogP contribution in [-0.4, -0.2) is 44.4 Å². The Balaban J connectivity index is 1.17. The van der Waals surface area contributed by atoms with E-state index in [1.54, 1.807) is 53.3 Å². The Labute approximate surface area is 201 Å². The number of anilines is 2. The maximum Gasteiger partial charge on any atom is 0.255 e. The Hall–Kier alpha value is -4.66. The number of Topliss-reactive ketones (excluding diaryl/α,β-unsaturated/α-hetero) is 1. The first kappa shape index (κ1) is 20.9. The molecule has 2 aromatic carbocycles. The second-order valence-electron chi connectivity index (χ2n) is 8.40. The van der Waals surface area contributed by atoms with Gasteiger partial charge in [0.1, 0.15) is 5.75 Å². The summed E-state index contributed by atoms with van der Waals surface area (Å²) >= 11 is 0. The average molecular weight is 467 g/mol. The average Bonchev–Trinajstić information content (AvgIpc) is 3.50. The van der Waals surface area contributed by atoms with E-state index in [0.717, 1.165) is 11.4 Å². The van der Waals surface area contributed by atoms with Crippen molar-refractivity contribution in [1.29, 1.82) is 0 Å². The molecule has 1 amide bonds. The van der Waals surface area contributed by atoms with E-state index in [-0.39, 0.29) is 18.2 Å². The molecule has 9 heteroatoms. The van der Waals surface area contributed by atoms with Crippen LogP contribution in [0.15, 0.2) is 90.4 Å². The zero-order valence-electron chi connectivity index (χ0n) is 18.8. The Morgan fingerprint density at radius 3 is 2.57 bits per heavy atom. The molecule has 174 valence electrons. The van der Waals surface area contributed by atoms with Gasteiger partial charge in [0.15, 0.2) is 11.4 Å². The van der Waals surface area contributed by atoms with Crippen LogP contribution in [0.4, 0.5) is 11.4 Å². The lowest BCUT2D eigenvalue weighted by Crippen LogP contribution is -2.43. The topological polar surface area (TPSA) is 92.1 Å². The molecule has 35 heavy (non-hydrogen) atoms. The highest BCUT2D eigenvalue weighted by Gasteiger charge is 2.37.